The number of amides is 1. The molecule has 3 heteroatoms. The van der Waals surface area contributed by atoms with Crippen LogP contribution in [0.2, 0.25) is 0 Å². The minimum absolute atomic E-state index is 0.0341. The van der Waals surface area contributed by atoms with Crippen molar-refractivity contribution >= 4 is 11.6 Å². The van der Waals surface area contributed by atoms with Crippen LogP contribution in [0.1, 0.15) is 45.7 Å². The van der Waals surface area contributed by atoms with E-state index in [1.165, 1.54) is 0 Å². The number of benzene rings is 1. The van der Waals surface area contributed by atoms with Gasteiger partial charge in [0.1, 0.15) is 0 Å². The normalized spacial score (nSPS) is 13.2. The van der Waals surface area contributed by atoms with Gasteiger partial charge in [-0.25, -0.2) is 0 Å². The SMILES string of the molecule is CCC(C)(C)C(=O)N(C)C(C)c1cccc(N)c1. The molecule has 0 aromatic heterocycles. The standard InChI is InChI=1S/C15H24N2O/c1-6-15(3,4)14(18)17(5)11(2)12-8-7-9-13(16)10-12/h7-11H,6,16H2,1-5H3. The third-order valence-electron chi connectivity index (χ3n) is 3.76. The van der Waals surface area contributed by atoms with E-state index < -0.39 is 0 Å². The van der Waals surface area contributed by atoms with Crippen molar-refractivity contribution < 1.29 is 4.79 Å². The van der Waals surface area contributed by atoms with Crippen molar-refractivity contribution in [3.63, 3.8) is 0 Å². The number of nitrogen functional groups attached to an aromatic ring is 1. The molecule has 0 bridgehead atoms. The Balaban J connectivity index is 2.91. The predicted octanol–water partition coefficient (Wildman–Crippen LogP) is 3.22. The zero-order chi connectivity index (χ0) is 13.9. The van der Waals surface area contributed by atoms with Gasteiger partial charge >= 0.3 is 0 Å². The van der Waals surface area contributed by atoms with Crippen molar-refractivity contribution in [1.29, 1.82) is 0 Å². The van der Waals surface area contributed by atoms with Crippen LogP contribution in [0.5, 0.6) is 0 Å². The van der Waals surface area contributed by atoms with E-state index in [0.717, 1.165) is 17.7 Å². The first-order chi connectivity index (χ1) is 8.29. The molecule has 0 spiro atoms. The Labute approximate surface area is 110 Å². The Morgan fingerprint density at radius 2 is 2.06 bits per heavy atom. The van der Waals surface area contributed by atoms with Gasteiger partial charge in [0.15, 0.2) is 0 Å². The Morgan fingerprint density at radius 3 is 2.56 bits per heavy atom. The second-order valence-corrected chi connectivity index (χ2v) is 5.50. The molecule has 1 atom stereocenters. The van der Waals surface area contributed by atoms with Crippen LogP contribution in [-0.2, 0) is 4.79 Å². The molecule has 0 aliphatic heterocycles. The van der Waals surface area contributed by atoms with Gasteiger partial charge in [0.2, 0.25) is 5.91 Å². The summed E-state index contributed by atoms with van der Waals surface area (Å²) >= 11 is 0. The molecule has 18 heavy (non-hydrogen) atoms. The van der Waals surface area contributed by atoms with Gasteiger partial charge in [-0.2, -0.15) is 0 Å². The van der Waals surface area contributed by atoms with Crippen LogP contribution in [0.3, 0.4) is 0 Å². The zero-order valence-electron chi connectivity index (χ0n) is 12.0. The maximum absolute atomic E-state index is 12.4. The molecule has 1 amide bonds. The minimum Gasteiger partial charge on any atom is -0.399 e. The van der Waals surface area contributed by atoms with E-state index in [9.17, 15) is 4.79 Å². The van der Waals surface area contributed by atoms with Crippen LogP contribution >= 0.6 is 0 Å². The molecule has 1 unspecified atom stereocenters. The summed E-state index contributed by atoms with van der Waals surface area (Å²) in [6, 6.07) is 7.74. The van der Waals surface area contributed by atoms with E-state index in [4.69, 9.17) is 5.73 Å². The van der Waals surface area contributed by atoms with Crippen LogP contribution < -0.4 is 5.73 Å². The van der Waals surface area contributed by atoms with Crippen LogP contribution in [0.4, 0.5) is 5.69 Å². The maximum atomic E-state index is 12.4. The fourth-order valence-electron chi connectivity index (χ4n) is 1.85. The van der Waals surface area contributed by atoms with Crippen LogP contribution in [0.25, 0.3) is 0 Å². The summed E-state index contributed by atoms with van der Waals surface area (Å²) in [5.41, 5.74) is 7.26. The van der Waals surface area contributed by atoms with Gasteiger partial charge in [-0.3, -0.25) is 4.79 Å². The van der Waals surface area contributed by atoms with Crippen LogP contribution in [0.15, 0.2) is 24.3 Å². The molecule has 2 N–H and O–H groups in total. The molecule has 0 radical (unpaired) electrons. The molecule has 0 fully saturated rings. The number of carbonyl (C=O) groups is 1. The summed E-state index contributed by atoms with van der Waals surface area (Å²) in [5.74, 6) is 0.167. The van der Waals surface area contributed by atoms with Crippen molar-refractivity contribution in [2.24, 2.45) is 5.41 Å². The molecule has 0 aliphatic carbocycles. The quantitative estimate of drug-likeness (QED) is 0.832. The largest absolute Gasteiger partial charge is 0.399 e. The molecule has 1 aromatic carbocycles. The minimum atomic E-state index is -0.316. The number of hydrogen-bond acceptors (Lipinski definition) is 2. The zero-order valence-corrected chi connectivity index (χ0v) is 12.0. The highest BCUT2D eigenvalue weighted by Gasteiger charge is 2.30. The summed E-state index contributed by atoms with van der Waals surface area (Å²) in [5, 5.41) is 0. The summed E-state index contributed by atoms with van der Waals surface area (Å²) in [7, 11) is 1.85. The third-order valence-corrected chi connectivity index (χ3v) is 3.76. The lowest BCUT2D eigenvalue weighted by Crippen LogP contribution is -2.39. The highest BCUT2D eigenvalue weighted by Crippen LogP contribution is 2.28. The average molecular weight is 248 g/mol. The summed E-state index contributed by atoms with van der Waals surface area (Å²) in [4.78, 5) is 14.2. The lowest BCUT2D eigenvalue weighted by molar-refractivity contribution is -0.141. The van der Waals surface area contributed by atoms with Gasteiger partial charge in [-0.1, -0.05) is 32.9 Å². The van der Waals surface area contributed by atoms with E-state index in [1.54, 1.807) is 4.90 Å². The van der Waals surface area contributed by atoms with Gasteiger partial charge in [0.05, 0.1) is 6.04 Å². The monoisotopic (exact) mass is 248 g/mol. The topological polar surface area (TPSA) is 46.3 Å². The first-order valence-electron chi connectivity index (χ1n) is 6.42. The molecule has 0 saturated heterocycles. The smallest absolute Gasteiger partial charge is 0.228 e. The molecule has 1 rings (SSSR count). The number of carbonyl (C=O) groups excluding carboxylic acids is 1. The number of anilines is 1. The Kier molecular flexibility index (Phi) is 4.38. The van der Waals surface area contributed by atoms with Gasteiger partial charge in [0.25, 0.3) is 0 Å². The number of hydrogen-bond donors (Lipinski definition) is 1. The Hall–Kier alpha value is -1.51. The summed E-state index contributed by atoms with van der Waals surface area (Å²) in [6.45, 7) is 8.03. The van der Waals surface area contributed by atoms with Crippen molar-refractivity contribution in [2.75, 3.05) is 12.8 Å². The highest BCUT2D eigenvalue weighted by atomic mass is 16.2. The molecule has 0 saturated carbocycles. The van der Waals surface area contributed by atoms with E-state index in [0.29, 0.717) is 0 Å². The molecular formula is C15H24N2O. The fourth-order valence-corrected chi connectivity index (χ4v) is 1.85. The first-order valence-corrected chi connectivity index (χ1v) is 6.42. The maximum Gasteiger partial charge on any atom is 0.228 e. The molecule has 3 nitrogen and oxygen atoms in total. The molecule has 0 aliphatic rings. The van der Waals surface area contributed by atoms with Crippen molar-refractivity contribution in [3.05, 3.63) is 29.8 Å². The predicted molar refractivity (Wildman–Crippen MR) is 76.1 cm³/mol. The summed E-state index contributed by atoms with van der Waals surface area (Å²) < 4.78 is 0. The van der Waals surface area contributed by atoms with Crippen molar-refractivity contribution in [2.45, 2.75) is 40.2 Å². The van der Waals surface area contributed by atoms with Crippen molar-refractivity contribution in [3.8, 4) is 0 Å². The molecular weight excluding hydrogens is 224 g/mol. The van der Waals surface area contributed by atoms with Gasteiger partial charge in [0, 0.05) is 18.2 Å². The first kappa shape index (κ1) is 14.6. The van der Waals surface area contributed by atoms with E-state index in [-0.39, 0.29) is 17.4 Å². The molecule has 0 heterocycles. The average Bonchev–Trinajstić information content (AvgIpc) is 2.36. The molecule has 1 aromatic rings. The van der Waals surface area contributed by atoms with Crippen LogP contribution in [0, 0.1) is 5.41 Å². The molecule has 100 valence electrons. The lowest BCUT2D eigenvalue weighted by atomic mass is 9.88. The van der Waals surface area contributed by atoms with Crippen molar-refractivity contribution in [1.82, 2.24) is 4.90 Å². The fraction of sp³-hybridized carbons (Fsp3) is 0.533. The van der Waals surface area contributed by atoms with Crippen LogP contribution in [-0.4, -0.2) is 17.9 Å². The lowest BCUT2D eigenvalue weighted by Gasteiger charge is -2.33. The van der Waals surface area contributed by atoms with Gasteiger partial charge in [-0.05, 0) is 31.0 Å². The number of rotatable bonds is 4. The third kappa shape index (κ3) is 3.03. The number of nitrogens with two attached hydrogens (primary N) is 1. The van der Waals surface area contributed by atoms with E-state index in [1.807, 2.05) is 59.0 Å². The number of nitrogens with zero attached hydrogens (tertiary/aromatic N) is 1. The Bertz CT molecular complexity index is 426. The second kappa shape index (κ2) is 5.42. The second-order valence-electron chi connectivity index (χ2n) is 5.50. The summed E-state index contributed by atoms with van der Waals surface area (Å²) in [6.07, 6.45) is 0.833. The highest BCUT2D eigenvalue weighted by molar-refractivity contribution is 5.82. The van der Waals surface area contributed by atoms with E-state index in [2.05, 4.69) is 0 Å². The van der Waals surface area contributed by atoms with Gasteiger partial charge < -0.3 is 10.6 Å². The van der Waals surface area contributed by atoms with E-state index >= 15 is 0 Å². The van der Waals surface area contributed by atoms with Gasteiger partial charge in [-0.15, -0.1) is 0 Å². The Morgan fingerprint density at radius 1 is 1.44 bits per heavy atom.